The smallest absolute Gasteiger partial charge is 0.180 e. The number of benzene rings is 1. The molecule has 1 saturated heterocycles. The molecular formula is C16H25N2O+. The van der Waals surface area contributed by atoms with Crippen LogP contribution in [-0.4, -0.2) is 31.1 Å². The van der Waals surface area contributed by atoms with Crippen molar-refractivity contribution in [3.63, 3.8) is 0 Å². The molecule has 0 saturated carbocycles. The van der Waals surface area contributed by atoms with Gasteiger partial charge in [-0.2, -0.15) is 0 Å². The number of nitrogens with two attached hydrogens (primary N) is 1. The Morgan fingerprint density at radius 2 is 2.00 bits per heavy atom. The summed E-state index contributed by atoms with van der Waals surface area (Å²) in [6.45, 7) is 6.20. The third kappa shape index (κ3) is 4.60. The van der Waals surface area contributed by atoms with E-state index < -0.39 is 0 Å². The molecule has 19 heavy (non-hydrogen) atoms. The van der Waals surface area contributed by atoms with E-state index in [4.69, 9.17) is 4.74 Å². The molecule has 1 aliphatic rings. The minimum Gasteiger partial charge on any atom is -0.483 e. The van der Waals surface area contributed by atoms with Crippen LogP contribution in [0.15, 0.2) is 36.5 Å². The van der Waals surface area contributed by atoms with E-state index >= 15 is 0 Å². The van der Waals surface area contributed by atoms with Gasteiger partial charge in [-0.15, -0.1) is 0 Å². The zero-order chi connectivity index (χ0) is 13.3. The first-order chi connectivity index (χ1) is 9.40. The molecule has 0 aliphatic carbocycles. The zero-order valence-corrected chi connectivity index (χ0v) is 11.8. The van der Waals surface area contributed by atoms with Crippen molar-refractivity contribution in [2.24, 2.45) is 0 Å². The third-order valence-corrected chi connectivity index (χ3v) is 3.38. The molecule has 1 aromatic carbocycles. The lowest BCUT2D eigenvalue weighted by atomic mass is 10.1. The SMILES string of the molecule is CC[NH2+]c1ccccc1OC/C=C/N1CCCCC1. The molecule has 2 rings (SSSR count). The molecule has 1 heterocycles. The number of ether oxygens (including phenoxy) is 1. The summed E-state index contributed by atoms with van der Waals surface area (Å²) in [5.41, 5.74) is 1.19. The molecule has 0 bridgehead atoms. The maximum Gasteiger partial charge on any atom is 0.180 e. The average Bonchev–Trinajstić information content (AvgIpc) is 2.47. The number of nitrogens with zero attached hydrogens (tertiary/aromatic N) is 1. The second-order valence-corrected chi connectivity index (χ2v) is 4.94. The molecular weight excluding hydrogens is 236 g/mol. The van der Waals surface area contributed by atoms with E-state index in [9.17, 15) is 0 Å². The van der Waals surface area contributed by atoms with Crippen LogP contribution in [0, 0.1) is 0 Å². The van der Waals surface area contributed by atoms with Crippen LogP contribution in [0.4, 0.5) is 5.69 Å². The number of quaternary nitrogens is 1. The third-order valence-electron chi connectivity index (χ3n) is 3.38. The quantitative estimate of drug-likeness (QED) is 0.796. The van der Waals surface area contributed by atoms with E-state index in [1.165, 1.54) is 38.0 Å². The van der Waals surface area contributed by atoms with Crippen molar-refractivity contribution < 1.29 is 10.1 Å². The predicted molar refractivity (Wildman–Crippen MR) is 78.6 cm³/mol. The summed E-state index contributed by atoms with van der Waals surface area (Å²) in [5, 5.41) is 2.20. The lowest BCUT2D eigenvalue weighted by molar-refractivity contribution is -0.568. The summed E-state index contributed by atoms with van der Waals surface area (Å²) in [5.74, 6) is 0.979. The van der Waals surface area contributed by atoms with Gasteiger partial charge in [-0.1, -0.05) is 12.1 Å². The molecule has 3 nitrogen and oxygen atoms in total. The highest BCUT2D eigenvalue weighted by Gasteiger charge is 2.06. The number of hydrogen-bond acceptors (Lipinski definition) is 2. The van der Waals surface area contributed by atoms with Crippen LogP contribution in [-0.2, 0) is 0 Å². The van der Waals surface area contributed by atoms with Gasteiger partial charge in [0.2, 0.25) is 0 Å². The standard InChI is InChI=1S/C16H24N2O/c1-2-17-15-9-4-5-10-16(15)19-14-8-13-18-11-6-3-7-12-18/h4-5,8-10,13,17H,2-3,6-7,11-12,14H2,1H3/p+1/b13-8+. The Hall–Kier alpha value is -1.48. The number of likely N-dealkylation sites (tertiary alicyclic amines) is 1. The van der Waals surface area contributed by atoms with E-state index in [2.05, 4.69) is 41.5 Å². The van der Waals surface area contributed by atoms with Gasteiger partial charge in [-0.05, 0) is 44.5 Å². The summed E-state index contributed by atoms with van der Waals surface area (Å²) >= 11 is 0. The van der Waals surface area contributed by atoms with Crippen molar-refractivity contribution in [3.8, 4) is 5.75 Å². The number of piperidine rings is 1. The molecule has 0 aromatic heterocycles. The molecule has 0 unspecified atom stereocenters. The van der Waals surface area contributed by atoms with Gasteiger partial charge in [-0.3, -0.25) is 0 Å². The van der Waals surface area contributed by atoms with Crippen molar-refractivity contribution in [2.45, 2.75) is 26.2 Å². The van der Waals surface area contributed by atoms with Crippen LogP contribution >= 0.6 is 0 Å². The Bertz CT molecular complexity index is 397. The number of hydrogen-bond donors (Lipinski definition) is 1. The van der Waals surface area contributed by atoms with Crippen molar-refractivity contribution in [1.29, 1.82) is 0 Å². The predicted octanol–water partition coefficient (Wildman–Crippen LogP) is 2.28. The van der Waals surface area contributed by atoms with Gasteiger partial charge in [0.1, 0.15) is 6.61 Å². The van der Waals surface area contributed by atoms with E-state index in [1.54, 1.807) is 0 Å². The number of para-hydroxylation sites is 2. The minimum atomic E-state index is 0.644. The maximum absolute atomic E-state index is 5.84. The van der Waals surface area contributed by atoms with E-state index in [0.717, 1.165) is 12.3 Å². The fourth-order valence-electron chi connectivity index (χ4n) is 2.40. The van der Waals surface area contributed by atoms with Gasteiger partial charge in [0, 0.05) is 19.2 Å². The summed E-state index contributed by atoms with van der Waals surface area (Å²) < 4.78 is 5.84. The van der Waals surface area contributed by atoms with Gasteiger partial charge in [0.25, 0.3) is 0 Å². The van der Waals surface area contributed by atoms with Gasteiger partial charge in [0.05, 0.1) is 6.54 Å². The van der Waals surface area contributed by atoms with Crippen LogP contribution in [0.5, 0.6) is 5.75 Å². The van der Waals surface area contributed by atoms with Gasteiger partial charge < -0.3 is 15.0 Å². The van der Waals surface area contributed by atoms with Gasteiger partial charge in [0.15, 0.2) is 11.4 Å². The molecule has 1 aliphatic heterocycles. The van der Waals surface area contributed by atoms with Crippen LogP contribution in [0.3, 0.4) is 0 Å². The molecule has 0 amide bonds. The maximum atomic E-state index is 5.84. The molecule has 0 atom stereocenters. The molecule has 2 N–H and O–H groups in total. The lowest BCUT2D eigenvalue weighted by Gasteiger charge is -2.24. The Labute approximate surface area is 116 Å². The summed E-state index contributed by atoms with van der Waals surface area (Å²) in [6, 6.07) is 8.22. The first kappa shape index (κ1) is 13.9. The van der Waals surface area contributed by atoms with Gasteiger partial charge in [-0.25, -0.2) is 0 Å². The largest absolute Gasteiger partial charge is 0.483 e. The Morgan fingerprint density at radius 3 is 2.79 bits per heavy atom. The highest BCUT2D eigenvalue weighted by atomic mass is 16.5. The first-order valence-electron chi connectivity index (χ1n) is 7.36. The minimum absolute atomic E-state index is 0.644. The van der Waals surface area contributed by atoms with Crippen molar-refractivity contribution >= 4 is 5.69 Å². The Morgan fingerprint density at radius 1 is 1.21 bits per heavy atom. The van der Waals surface area contributed by atoms with E-state index in [0.29, 0.717) is 6.61 Å². The van der Waals surface area contributed by atoms with Crippen molar-refractivity contribution in [1.82, 2.24) is 4.90 Å². The van der Waals surface area contributed by atoms with Crippen molar-refractivity contribution in [2.75, 3.05) is 26.2 Å². The normalized spacial score (nSPS) is 15.9. The summed E-state index contributed by atoms with van der Waals surface area (Å²) in [7, 11) is 0. The molecule has 104 valence electrons. The first-order valence-corrected chi connectivity index (χ1v) is 7.36. The number of rotatable bonds is 6. The second kappa shape index (κ2) is 7.85. The fraction of sp³-hybridized carbons (Fsp3) is 0.500. The van der Waals surface area contributed by atoms with E-state index in [-0.39, 0.29) is 0 Å². The van der Waals surface area contributed by atoms with Crippen molar-refractivity contribution in [3.05, 3.63) is 36.5 Å². The summed E-state index contributed by atoms with van der Waals surface area (Å²) in [6.07, 6.45) is 8.32. The molecule has 1 fully saturated rings. The second-order valence-electron chi connectivity index (χ2n) is 4.94. The van der Waals surface area contributed by atoms with Crippen LogP contribution in [0.25, 0.3) is 0 Å². The monoisotopic (exact) mass is 261 g/mol. The van der Waals surface area contributed by atoms with Gasteiger partial charge >= 0.3 is 0 Å². The molecule has 3 heteroatoms. The van der Waals surface area contributed by atoms with E-state index in [1.807, 2.05) is 12.1 Å². The van der Waals surface area contributed by atoms with Crippen LogP contribution in [0.2, 0.25) is 0 Å². The average molecular weight is 261 g/mol. The highest BCUT2D eigenvalue weighted by Crippen LogP contribution is 2.18. The Balaban J connectivity index is 1.79. The molecule has 0 radical (unpaired) electrons. The van der Waals surface area contributed by atoms with Crippen LogP contribution in [0.1, 0.15) is 26.2 Å². The zero-order valence-electron chi connectivity index (χ0n) is 11.8. The fourth-order valence-corrected chi connectivity index (χ4v) is 2.40. The Kier molecular flexibility index (Phi) is 5.76. The molecule has 1 aromatic rings. The highest BCUT2D eigenvalue weighted by molar-refractivity contribution is 5.44. The lowest BCUT2D eigenvalue weighted by Crippen LogP contribution is -2.77. The van der Waals surface area contributed by atoms with Crippen LogP contribution < -0.4 is 10.1 Å². The summed E-state index contributed by atoms with van der Waals surface area (Å²) in [4.78, 5) is 2.39. The molecule has 0 spiro atoms. The topological polar surface area (TPSA) is 29.1 Å².